The van der Waals surface area contributed by atoms with E-state index in [0.29, 0.717) is 11.3 Å². The molecule has 2 amide bonds. The fraction of sp³-hybridized carbons (Fsp3) is 0.517. The van der Waals surface area contributed by atoms with Crippen molar-refractivity contribution in [2.24, 2.45) is 17.6 Å². The number of primary amides is 1. The van der Waals surface area contributed by atoms with Crippen molar-refractivity contribution in [1.82, 2.24) is 9.80 Å². The number of nitrogens with two attached hydrogens (primary N) is 1. The highest BCUT2D eigenvalue weighted by molar-refractivity contribution is 6.25. The van der Waals surface area contributed by atoms with Crippen molar-refractivity contribution in [2.45, 2.75) is 44.9 Å². The third-order valence-corrected chi connectivity index (χ3v) is 8.53. The van der Waals surface area contributed by atoms with Crippen molar-refractivity contribution < 1.29 is 44.3 Å². The van der Waals surface area contributed by atoms with Gasteiger partial charge in [0.2, 0.25) is 5.78 Å². The van der Waals surface area contributed by atoms with E-state index in [2.05, 4.69) is 0 Å². The zero-order valence-electron chi connectivity index (χ0n) is 24.6. The van der Waals surface area contributed by atoms with Crippen molar-refractivity contribution in [2.75, 3.05) is 46.2 Å². The van der Waals surface area contributed by atoms with Crippen LogP contribution in [0.25, 0.3) is 0 Å². The lowest BCUT2D eigenvalue weighted by Gasteiger charge is -2.50. The molecule has 0 saturated heterocycles. The number of carbonyl (C=O) groups is 4. The topological polar surface area (TPSA) is 194 Å². The Morgan fingerprint density at radius 2 is 1.76 bits per heavy atom. The molecule has 13 heteroatoms. The van der Waals surface area contributed by atoms with Crippen LogP contribution >= 0.6 is 0 Å². The minimum absolute atomic E-state index is 0.00633. The van der Waals surface area contributed by atoms with Crippen LogP contribution < -0.4 is 10.6 Å². The lowest BCUT2D eigenvalue weighted by atomic mass is 9.58. The summed E-state index contributed by atoms with van der Waals surface area (Å²) in [6.45, 7) is 3.76. The maximum atomic E-state index is 14.1. The number of carbonyl (C=O) groups excluding carboxylic acids is 4. The second-order valence-electron chi connectivity index (χ2n) is 11.3. The van der Waals surface area contributed by atoms with Gasteiger partial charge in [0.25, 0.3) is 5.91 Å². The summed E-state index contributed by atoms with van der Waals surface area (Å²) in [7, 11) is 6.69. The number of Topliss-reactive ketones (excluding diaryl/α,β-unsaturated/α-hetero) is 2. The van der Waals surface area contributed by atoms with Crippen LogP contribution in [0.4, 0.5) is 10.5 Å². The first-order chi connectivity index (χ1) is 19.6. The Bertz CT molecular complexity index is 1430. The van der Waals surface area contributed by atoms with Gasteiger partial charge in [0, 0.05) is 43.4 Å². The minimum Gasteiger partial charge on any atom is -0.510 e. The highest BCUT2D eigenvalue weighted by Gasteiger charge is 2.63. The number of hydrogen-bond donors (Lipinski definition) is 5. The Morgan fingerprint density at radius 1 is 1.12 bits per heavy atom. The number of ketones is 2. The third-order valence-electron chi connectivity index (χ3n) is 8.53. The van der Waals surface area contributed by atoms with Gasteiger partial charge in [0.1, 0.15) is 22.8 Å². The zero-order valence-corrected chi connectivity index (χ0v) is 24.6. The molecule has 0 aromatic heterocycles. The van der Waals surface area contributed by atoms with Gasteiger partial charge in [-0.15, -0.1) is 0 Å². The van der Waals surface area contributed by atoms with Gasteiger partial charge in [-0.1, -0.05) is 0 Å². The van der Waals surface area contributed by atoms with Crippen LogP contribution in [-0.2, 0) is 27.3 Å². The molecular weight excluding hydrogens is 548 g/mol. The van der Waals surface area contributed by atoms with Crippen molar-refractivity contribution in [3.05, 3.63) is 45.4 Å². The van der Waals surface area contributed by atoms with Crippen LogP contribution in [0.2, 0.25) is 0 Å². The second kappa shape index (κ2) is 11.0. The number of phenols is 1. The average Bonchev–Trinajstić information content (AvgIpc) is 2.89. The van der Waals surface area contributed by atoms with Crippen molar-refractivity contribution in [3.8, 4) is 5.75 Å². The SMILES string of the molecule is CCOC(=O)N(CC)Cc1cc(N(C)C)c2c(c1O)C(=O)C1=C(O)[C@]3(O)C(=O)C(C(N)=O)=C(O)[C@@H](N(C)C)[C@@H]3C[C@@H]1C2. The van der Waals surface area contributed by atoms with Gasteiger partial charge < -0.3 is 40.7 Å². The normalized spacial score (nSPS) is 25.2. The Morgan fingerprint density at radius 3 is 2.29 bits per heavy atom. The molecule has 0 aliphatic heterocycles. The smallest absolute Gasteiger partial charge is 0.410 e. The summed E-state index contributed by atoms with van der Waals surface area (Å²) in [4.78, 5) is 56.9. The molecule has 0 fully saturated rings. The predicted molar refractivity (Wildman–Crippen MR) is 151 cm³/mol. The molecule has 3 aliphatic rings. The van der Waals surface area contributed by atoms with E-state index >= 15 is 0 Å². The highest BCUT2D eigenvalue weighted by Crippen LogP contribution is 2.53. The Kier molecular flexibility index (Phi) is 8.04. The molecule has 42 heavy (non-hydrogen) atoms. The van der Waals surface area contributed by atoms with Crippen LogP contribution in [0.5, 0.6) is 5.75 Å². The molecule has 0 spiro atoms. The number of phenolic OH excluding ortho intramolecular Hbond substituents is 1. The number of anilines is 1. The molecular formula is C29H38N4O9. The molecule has 4 rings (SSSR count). The van der Waals surface area contributed by atoms with Crippen molar-refractivity contribution in [3.63, 3.8) is 0 Å². The number of likely N-dealkylation sites (N-methyl/N-ethyl adjacent to an activating group) is 1. The Labute approximate surface area is 243 Å². The van der Waals surface area contributed by atoms with Gasteiger partial charge in [-0.3, -0.25) is 19.3 Å². The number of aromatic hydroxyl groups is 1. The fourth-order valence-electron chi connectivity index (χ4n) is 6.60. The number of rotatable bonds is 7. The van der Waals surface area contributed by atoms with Gasteiger partial charge in [-0.25, -0.2) is 4.79 Å². The van der Waals surface area contributed by atoms with Gasteiger partial charge in [-0.05, 0) is 58.3 Å². The Balaban J connectivity index is 1.92. The number of nitrogens with zero attached hydrogens (tertiary/aromatic N) is 3. The van der Waals surface area contributed by atoms with E-state index in [1.807, 2.05) is 0 Å². The first kappa shape index (κ1) is 30.8. The van der Waals surface area contributed by atoms with Crippen LogP contribution in [0.15, 0.2) is 28.7 Å². The van der Waals surface area contributed by atoms with E-state index in [1.165, 1.54) is 9.80 Å². The summed E-state index contributed by atoms with van der Waals surface area (Å²) in [5, 5.41) is 45.6. The van der Waals surface area contributed by atoms with E-state index in [4.69, 9.17) is 10.5 Å². The molecule has 1 aromatic rings. The summed E-state index contributed by atoms with van der Waals surface area (Å²) in [5.74, 6) is -7.11. The Hall–Kier alpha value is -4.10. The molecule has 6 N–H and O–H groups in total. The molecule has 0 bridgehead atoms. The summed E-state index contributed by atoms with van der Waals surface area (Å²) >= 11 is 0. The summed E-state index contributed by atoms with van der Waals surface area (Å²) in [5.41, 5.74) is 2.81. The first-order valence-electron chi connectivity index (χ1n) is 13.7. The number of amides is 2. The minimum atomic E-state index is -2.72. The van der Waals surface area contributed by atoms with Gasteiger partial charge in [-0.2, -0.15) is 0 Å². The summed E-state index contributed by atoms with van der Waals surface area (Å²) in [6, 6.07) is 0.625. The van der Waals surface area contributed by atoms with E-state index < -0.39 is 69.9 Å². The van der Waals surface area contributed by atoms with E-state index in [1.54, 1.807) is 53.0 Å². The van der Waals surface area contributed by atoms with E-state index in [9.17, 15) is 39.6 Å². The molecule has 0 radical (unpaired) electrons. The molecule has 0 saturated carbocycles. The number of fused-ring (bicyclic) bond motifs is 3. The molecule has 4 atom stereocenters. The lowest BCUT2D eigenvalue weighted by molar-refractivity contribution is -0.148. The van der Waals surface area contributed by atoms with Gasteiger partial charge in [0.05, 0.1) is 24.8 Å². The van der Waals surface area contributed by atoms with Crippen LogP contribution in [0, 0.1) is 11.8 Å². The zero-order chi connectivity index (χ0) is 31.4. The van der Waals surface area contributed by atoms with Crippen LogP contribution in [-0.4, -0.2) is 107 Å². The van der Waals surface area contributed by atoms with E-state index in [-0.39, 0.29) is 49.2 Å². The molecule has 3 aliphatic carbocycles. The quantitative estimate of drug-likeness (QED) is 0.288. The highest BCUT2D eigenvalue weighted by atomic mass is 16.6. The monoisotopic (exact) mass is 586 g/mol. The molecule has 0 unspecified atom stereocenters. The number of aliphatic hydroxyl groups is 3. The molecule has 1 aromatic carbocycles. The lowest BCUT2D eigenvalue weighted by Crippen LogP contribution is -2.63. The second-order valence-corrected chi connectivity index (χ2v) is 11.3. The van der Waals surface area contributed by atoms with Crippen LogP contribution in [0.1, 0.15) is 41.8 Å². The summed E-state index contributed by atoms with van der Waals surface area (Å²) < 4.78 is 5.10. The standard InChI is InChI=1S/C29H38N4O9/c1-7-33(28(40)42-8-2)12-14-11-17(31(3)4)15-9-13-10-16-21(32(5)6)24(36)20(27(30)39)26(38)29(16,41)25(37)18(13)23(35)19(15)22(14)34/h11,13,16,21,34,36-37,41H,7-10,12H2,1-6H3,(H2,30,39)/t13-,16-,21-,29-/m0/s1. The fourth-order valence-corrected chi connectivity index (χ4v) is 6.60. The van der Waals surface area contributed by atoms with Crippen molar-refractivity contribution in [1.29, 1.82) is 0 Å². The number of ether oxygens (including phenoxy) is 1. The molecule has 13 nitrogen and oxygen atoms in total. The van der Waals surface area contributed by atoms with Gasteiger partial charge in [0.15, 0.2) is 11.4 Å². The van der Waals surface area contributed by atoms with E-state index in [0.717, 1.165) is 0 Å². The van der Waals surface area contributed by atoms with Gasteiger partial charge >= 0.3 is 6.09 Å². The largest absolute Gasteiger partial charge is 0.510 e. The average molecular weight is 587 g/mol. The number of hydrogen-bond acceptors (Lipinski definition) is 11. The predicted octanol–water partition coefficient (Wildman–Crippen LogP) is 1.17. The molecule has 228 valence electrons. The number of benzene rings is 1. The number of aliphatic hydroxyl groups excluding tert-OH is 2. The maximum Gasteiger partial charge on any atom is 0.410 e. The van der Waals surface area contributed by atoms with Crippen molar-refractivity contribution >= 4 is 29.3 Å². The number of allylic oxidation sites excluding steroid dienone is 1. The van der Waals surface area contributed by atoms with Crippen LogP contribution in [0.3, 0.4) is 0 Å². The first-order valence-corrected chi connectivity index (χ1v) is 13.7. The summed E-state index contributed by atoms with van der Waals surface area (Å²) in [6.07, 6.45) is -0.442. The maximum absolute atomic E-state index is 14.1. The third kappa shape index (κ3) is 4.47. The molecule has 0 heterocycles.